The highest BCUT2D eigenvalue weighted by Crippen LogP contribution is 2.34. The fraction of sp³-hybridized carbons (Fsp3) is 0.261. The number of fused-ring (bicyclic) bond motifs is 1. The third-order valence-electron chi connectivity index (χ3n) is 5.53. The van der Waals surface area contributed by atoms with Gasteiger partial charge >= 0.3 is 17.8 Å². The van der Waals surface area contributed by atoms with Gasteiger partial charge in [-0.25, -0.2) is 4.79 Å². The molecular formula is C23H18F3NO6. The highest BCUT2D eigenvalue weighted by atomic mass is 19.4. The predicted octanol–water partition coefficient (Wildman–Crippen LogP) is 3.92. The number of hydrogen-bond donors (Lipinski definition) is 1. The summed E-state index contributed by atoms with van der Waals surface area (Å²) < 4.78 is 49.4. The molecule has 3 aromatic rings. The lowest BCUT2D eigenvalue weighted by Crippen LogP contribution is -2.26. The Hall–Kier alpha value is -3.82. The van der Waals surface area contributed by atoms with Crippen LogP contribution in [0, 0.1) is 12.8 Å². The Balaban J connectivity index is 1.49. The Bertz CT molecular complexity index is 1310. The molecule has 1 atom stereocenters. The first-order valence-electron chi connectivity index (χ1n) is 9.94. The fourth-order valence-electron chi connectivity index (χ4n) is 3.77. The van der Waals surface area contributed by atoms with E-state index in [0.29, 0.717) is 16.5 Å². The predicted molar refractivity (Wildman–Crippen MR) is 111 cm³/mol. The van der Waals surface area contributed by atoms with E-state index < -0.39 is 35.2 Å². The van der Waals surface area contributed by atoms with Crippen molar-refractivity contribution in [3.63, 3.8) is 0 Å². The third-order valence-corrected chi connectivity index (χ3v) is 5.53. The zero-order valence-corrected chi connectivity index (χ0v) is 17.3. The van der Waals surface area contributed by atoms with Crippen LogP contribution in [0.4, 0.5) is 18.9 Å². The summed E-state index contributed by atoms with van der Waals surface area (Å²) >= 11 is 0. The molecule has 1 amide bonds. The maximum atomic E-state index is 13.0. The van der Waals surface area contributed by atoms with E-state index in [1.807, 2.05) is 0 Å². The lowest BCUT2D eigenvalue weighted by molar-refractivity contribution is -0.149. The smallest absolute Gasteiger partial charge is 0.416 e. The van der Waals surface area contributed by atoms with E-state index in [2.05, 4.69) is 0 Å². The van der Waals surface area contributed by atoms with Crippen LogP contribution in [-0.4, -0.2) is 23.5 Å². The molecule has 172 valence electrons. The molecule has 1 aromatic heterocycles. The summed E-state index contributed by atoms with van der Waals surface area (Å²) in [5.41, 5.74) is -0.649. The lowest BCUT2D eigenvalue weighted by Gasteiger charge is -2.18. The Morgan fingerprint density at radius 1 is 1.21 bits per heavy atom. The molecule has 0 saturated carbocycles. The Labute approximate surface area is 185 Å². The molecule has 2 aromatic carbocycles. The minimum atomic E-state index is -4.56. The summed E-state index contributed by atoms with van der Waals surface area (Å²) in [6, 6.07) is 8.44. The number of alkyl halides is 3. The van der Waals surface area contributed by atoms with E-state index in [0.717, 1.165) is 17.0 Å². The summed E-state index contributed by atoms with van der Waals surface area (Å²) in [5.74, 6) is -2.13. The van der Waals surface area contributed by atoms with Gasteiger partial charge in [-0.05, 0) is 37.3 Å². The van der Waals surface area contributed by atoms with Crippen LogP contribution < -0.4 is 10.5 Å². The monoisotopic (exact) mass is 461 g/mol. The van der Waals surface area contributed by atoms with Crippen molar-refractivity contribution in [2.45, 2.75) is 26.1 Å². The standard InChI is InChI=1S/C23H18F3NO6/c1-12-18(28)6-5-17-14(8-20(30)33-21(12)17)11-32-22(31)13-7-19(29)27(10-13)16-4-2-3-15(9-16)23(24,25)26/h2-6,8-9,13,28H,7,10-11H2,1H3/t13-/m0/s1. The van der Waals surface area contributed by atoms with Gasteiger partial charge in [-0.2, -0.15) is 13.2 Å². The number of rotatable bonds is 4. The zero-order valence-electron chi connectivity index (χ0n) is 17.3. The number of carbonyl (C=O) groups excluding carboxylic acids is 2. The molecule has 0 aliphatic carbocycles. The SMILES string of the molecule is Cc1c(O)ccc2c(COC(=O)[C@H]3CC(=O)N(c4cccc(C(F)(F)F)c4)C3)cc(=O)oc12. The van der Waals surface area contributed by atoms with Gasteiger partial charge in [0.25, 0.3) is 0 Å². The number of amides is 1. The summed E-state index contributed by atoms with van der Waals surface area (Å²) in [6.07, 6.45) is -4.77. The van der Waals surface area contributed by atoms with E-state index in [4.69, 9.17) is 9.15 Å². The molecule has 4 rings (SSSR count). The van der Waals surface area contributed by atoms with Gasteiger partial charge in [-0.1, -0.05) is 6.07 Å². The highest BCUT2D eigenvalue weighted by molar-refractivity contribution is 5.99. The van der Waals surface area contributed by atoms with Crippen molar-refractivity contribution < 1.29 is 37.0 Å². The van der Waals surface area contributed by atoms with E-state index in [9.17, 15) is 32.7 Å². The minimum Gasteiger partial charge on any atom is -0.508 e. The number of ether oxygens (including phenoxy) is 1. The minimum absolute atomic E-state index is 0.0482. The van der Waals surface area contributed by atoms with E-state index in [1.54, 1.807) is 6.92 Å². The van der Waals surface area contributed by atoms with Gasteiger partial charge in [0.05, 0.1) is 11.5 Å². The normalized spacial score (nSPS) is 16.4. The van der Waals surface area contributed by atoms with E-state index >= 15 is 0 Å². The number of aromatic hydroxyl groups is 1. The number of phenolic OH excluding ortho intramolecular Hbond substituents is 1. The number of halogens is 3. The second kappa shape index (κ2) is 8.27. The second-order valence-corrected chi connectivity index (χ2v) is 7.74. The maximum absolute atomic E-state index is 13.0. The van der Waals surface area contributed by atoms with Crippen LogP contribution in [0.5, 0.6) is 5.75 Å². The molecule has 10 heteroatoms. The van der Waals surface area contributed by atoms with Crippen molar-refractivity contribution in [2.75, 3.05) is 11.4 Å². The topological polar surface area (TPSA) is 97.0 Å². The largest absolute Gasteiger partial charge is 0.508 e. The summed E-state index contributed by atoms with van der Waals surface area (Å²) in [6.45, 7) is 1.17. The average Bonchev–Trinajstić information content (AvgIpc) is 3.16. The summed E-state index contributed by atoms with van der Waals surface area (Å²) in [4.78, 5) is 38.0. The van der Waals surface area contributed by atoms with Gasteiger partial charge in [0.15, 0.2) is 0 Å². The molecule has 0 bridgehead atoms. The molecule has 1 fully saturated rings. The quantitative estimate of drug-likeness (QED) is 0.467. The van der Waals surface area contributed by atoms with Crippen LogP contribution in [0.1, 0.15) is 23.1 Å². The van der Waals surface area contributed by atoms with Crippen LogP contribution in [0.3, 0.4) is 0 Å². The van der Waals surface area contributed by atoms with Crippen molar-refractivity contribution in [3.05, 3.63) is 69.6 Å². The fourth-order valence-corrected chi connectivity index (χ4v) is 3.77. The molecule has 0 unspecified atom stereocenters. The Morgan fingerprint density at radius 2 is 1.97 bits per heavy atom. The number of phenols is 1. The molecule has 1 aliphatic rings. The number of carbonyl (C=O) groups is 2. The first-order valence-corrected chi connectivity index (χ1v) is 9.94. The molecule has 7 nitrogen and oxygen atoms in total. The Kier molecular flexibility index (Phi) is 5.61. The molecule has 33 heavy (non-hydrogen) atoms. The molecule has 1 N–H and O–H groups in total. The first-order chi connectivity index (χ1) is 15.5. The molecule has 0 spiro atoms. The van der Waals surface area contributed by atoms with Crippen molar-refractivity contribution in [2.24, 2.45) is 5.92 Å². The van der Waals surface area contributed by atoms with Gasteiger partial charge < -0.3 is 19.2 Å². The van der Waals surface area contributed by atoms with Gasteiger partial charge in [-0.3, -0.25) is 9.59 Å². The van der Waals surface area contributed by atoms with Gasteiger partial charge in [0, 0.05) is 41.2 Å². The maximum Gasteiger partial charge on any atom is 0.416 e. The number of benzene rings is 2. The van der Waals surface area contributed by atoms with Crippen molar-refractivity contribution in [1.29, 1.82) is 0 Å². The lowest BCUT2D eigenvalue weighted by atomic mass is 10.1. The first kappa shape index (κ1) is 22.4. The van der Waals surface area contributed by atoms with Crippen molar-refractivity contribution >= 4 is 28.5 Å². The zero-order chi connectivity index (χ0) is 23.9. The van der Waals surface area contributed by atoms with Crippen molar-refractivity contribution in [1.82, 2.24) is 0 Å². The number of anilines is 1. The molecule has 1 aliphatic heterocycles. The summed E-state index contributed by atoms with van der Waals surface area (Å²) in [7, 11) is 0. The van der Waals surface area contributed by atoms with Crippen LogP contribution in [0.25, 0.3) is 11.0 Å². The van der Waals surface area contributed by atoms with Gasteiger partial charge in [-0.15, -0.1) is 0 Å². The number of esters is 1. The van der Waals surface area contributed by atoms with E-state index in [-0.39, 0.29) is 36.6 Å². The molecule has 1 saturated heterocycles. The van der Waals surface area contributed by atoms with Crippen LogP contribution >= 0.6 is 0 Å². The van der Waals surface area contributed by atoms with Gasteiger partial charge in [0.2, 0.25) is 5.91 Å². The van der Waals surface area contributed by atoms with Gasteiger partial charge in [0.1, 0.15) is 17.9 Å². The van der Waals surface area contributed by atoms with Crippen LogP contribution in [0.15, 0.2) is 51.7 Å². The van der Waals surface area contributed by atoms with Crippen LogP contribution in [0.2, 0.25) is 0 Å². The Morgan fingerprint density at radius 3 is 2.70 bits per heavy atom. The second-order valence-electron chi connectivity index (χ2n) is 7.74. The highest BCUT2D eigenvalue weighted by Gasteiger charge is 2.37. The number of hydrogen-bond acceptors (Lipinski definition) is 6. The number of nitrogens with zero attached hydrogens (tertiary/aromatic N) is 1. The van der Waals surface area contributed by atoms with E-state index in [1.165, 1.54) is 30.3 Å². The summed E-state index contributed by atoms with van der Waals surface area (Å²) in [5, 5.41) is 10.3. The average molecular weight is 461 g/mol. The molecular weight excluding hydrogens is 443 g/mol. The molecule has 2 heterocycles. The molecule has 0 radical (unpaired) electrons. The third kappa shape index (κ3) is 4.41. The number of aryl methyl sites for hydroxylation is 1. The van der Waals surface area contributed by atoms with Crippen LogP contribution in [-0.2, 0) is 27.1 Å². The van der Waals surface area contributed by atoms with Crippen molar-refractivity contribution in [3.8, 4) is 5.75 Å².